The van der Waals surface area contributed by atoms with Gasteiger partial charge in [0.05, 0.1) is 0 Å². The van der Waals surface area contributed by atoms with E-state index in [1.165, 1.54) is 50.9 Å². The highest BCUT2D eigenvalue weighted by atomic mass is 15.2. The highest BCUT2D eigenvalue weighted by Gasteiger charge is 2.34. The molecule has 3 rings (SSSR count). The summed E-state index contributed by atoms with van der Waals surface area (Å²) in [5.41, 5.74) is 1.36. The standard InChI is InChI=1S/C16H25N3/c1-13(15-5-3-9-18-11-15)19(16-6-7-16)12-14-4-2-8-17-10-14/h3,5,9,11,13-14,16-17H,2,4,6-8,10,12H2,1H3. The van der Waals surface area contributed by atoms with Gasteiger partial charge in [-0.3, -0.25) is 9.88 Å². The molecule has 1 saturated carbocycles. The monoisotopic (exact) mass is 259 g/mol. The Balaban J connectivity index is 1.66. The molecule has 1 saturated heterocycles. The van der Waals surface area contributed by atoms with Gasteiger partial charge in [0, 0.05) is 31.0 Å². The fourth-order valence-electron chi connectivity index (χ4n) is 3.22. The van der Waals surface area contributed by atoms with Gasteiger partial charge in [-0.15, -0.1) is 0 Å². The summed E-state index contributed by atoms with van der Waals surface area (Å²) in [6.45, 7) is 5.99. The maximum Gasteiger partial charge on any atom is 0.0338 e. The van der Waals surface area contributed by atoms with E-state index >= 15 is 0 Å². The van der Waals surface area contributed by atoms with Crippen molar-refractivity contribution in [3.05, 3.63) is 30.1 Å². The Morgan fingerprint density at radius 1 is 1.42 bits per heavy atom. The van der Waals surface area contributed by atoms with Crippen LogP contribution in [0.5, 0.6) is 0 Å². The van der Waals surface area contributed by atoms with Crippen LogP contribution in [0.15, 0.2) is 24.5 Å². The molecule has 0 bridgehead atoms. The molecule has 1 aliphatic carbocycles. The van der Waals surface area contributed by atoms with Crippen LogP contribution in [0, 0.1) is 5.92 Å². The van der Waals surface area contributed by atoms with Crippen molar-refractivity contribution in [2.24, 2.45) is 5.92 Å². The lowest BCUT2D eigenvalue weighted by Crippen LogP contribution is -2.40. The second-order valence-electron chi connectivity index (χ2n) is 6.10. The zero-order valence-corrected chi connectivity index (χ0v) is 11.9. The normalized spacial score (nSPS) is 25.5. The van der Waals surface area contributed by atoms with Gasteiger partial charge in [0.1, 0.15) is 0 Å². The first-order valence-electron chi connectivity index (χ1n) is 7.71. The first-order valence-corrected chi connectivity index (χ1v) is 7.71. The quantitative estimate of drug-likeness (QED) is 0.881. The van der Waals surface area contributed by atoms with E-state index in [4.69, 9.17) is 0 Å². The summed E-state index contributed by atoms with van der Waals surface area (Å²) in [7, 11) is 0. The smallest absolute Gasteiger partial charge is 0.0338 e. The first kappa shape index (κ1) is 13.1. The van der Waals surface area contributed by atoms with E-state index in [0.717, 1.165) is 12.0 Å². The van der Waals surface area contributed by atoms with Crippen molar-refractivity contribution in [2.45, 2.75) is 44.7 Å². The lowest BCUT2D eigenvalue weighted by atomic mass is 9.97. The third kappa shape index (κ3) is 3.34. The van der Waals surface area contributed by atoms with Crippen LogP contribution < -0.4 is 5.32 Å². The van der Waals surface area contributed by atoms with Gasteiger partial charge >= 0.3 is 0 Å². The fraction of sp³-hybridized carbons (Fsp3) is 0.688. The molecular weight excluding hydrogens is 234 g/mol. The summed E-state index contributed by atoms with van der Waals surface area (Å²) in [6.07, 6.45) is 9.37. The summed E-state index contributed by atoms with van der Waals surface area (Å²) < 4.78 is 0. The molecule has 1 aromatic rings. The number of rotatable bonds is 5. The van der Waals surface area contributed by atoms with Gasteiger partial charge < -0.3 is 5.32 Å². The van der Waals surface area contributed by atoms with Gasteiger partial charge in [0.2, 0.25) is 0 Å². The van der Waals surface area contributed by atoms with E-state index in [-0.39, 0.29) is 0 Å². The molecule has 0 radical (unpaired) electrons. The van der Waals surface area contributed by atoms with Crippen LogP contribution in [0.3, 0.4) is 0 Å². The molecule has 104 valence electrons. The molecule has 2 aliphatic rings. The zero-order valence-electron chi connectivity index (χ0n) is 11.9. The number of nitrogens with zero attached hydrogens (tertiary/aromatic N) is 2. The first-order chi connectivity index (χ1) is 9.34. The predicted octanol–water partition coefficient (Wildman–Crippen LogP) is 2.61. The zero-order chi connectivity index (χ0) is 13.1. The molecule has 2 unspecified atom stereocenters. The van der Waals surface area contributed by atoms with Gasteiger partial charge in [-0.25, -0.2) is 0 Å². The van der Waals surface area contributed by atoms with Crippen molar-refractivity contribution >= 4 is 0 Å². The van der Waals surface area contributed by atoms with E-state index in [1.54, 1.807) is 0 Å². The summed E-state index contributed by atoms with van der Waals surface area (Å²) in [4.78, 5) is 6.99. The Hall–Kier alpha value is -0.930. The number of nitrogens with one attached hydrogen (secondary N) is 1. The van der Waals surface area contributed by atoms with Crippen molar-refractivity contribution in [2.75, 3.05) is 19.6 Å². The van der Waals surface area contributed by atoms with E-state index in [9.17, 15) is 0 Å². The lowest BCUT2D eigenvalue weighted by Gasteiger charge is -2.34. The van der Waals surface area contributed by atoms with Crippen LogP contribution in [0.25, 0.3) is 0 Å². The molecule has 3 nitrogen and oxygen atoms in total. The largest absolute Gasteiger partial charge is 0.316 e. The van der Waals surface area contributed by atoms with Crippen LogP contribution in [0.1, 0.15) is 44.2 Å². The molecule has 0 spiro atoms. The third-order valence-electron chi connectivity index (χ3n) is 4.55. The second kappa shape index (κ2) is 6.02. The van der Waals surface area contributed by atoms with E-state index < -0.39 is 0 Å². The highest BCUT2D eigenvalue weighted by molar-refractivity contribution is 5.14. The molecule has 1 N–H and O–H groups in total. The molecule has 19 heavy (non-hydrogen) atoms. The van der Waals surface area contributed by atoms with Gasteiger partial charge in [0.15, 0.2) is 0 Å². The Morgan fingerprint density at radius 3 is 2.95 bits per heavy atom. The van der Waals surface area contributed by atoms with Gasteiger partial charge in [-0.1, -0.05) is 6.07 Å². The SMILES string of the molecule is CC(c1cccnc1)N(CC1CCCNC1)C1CC1. The van der Waals surface area contributed by atoms with Crippen molar-refractivity contribution in [3.63, 3.8) is 0 Å². The van der Waals surface area contributed by atoms with Crippen LogP contribution in [0.2, 0.25) is 0 Å². The predicted molar refractivity (Wildman–Crippen MR) is 78.0 cm³/mol. The summed E-state index contributed by atoms with van der Waals surface area (Å²) >= 11 is 0. The number of hydrogen-bond acceptors (Lipinski definition) is 3. The Bertz CT molecular complexity index is 382. The maximum atomic E-state index is 4.28. The van der Waals surface area contributed by atoms with Gasteiger partial charge in [-0.05, 0) is 63.2 Å². The number of pyridine rings is 1. The third-order valence-corrected chi connectivity index (χ3v) is 4.55. The second-order valence-corrected chi connectivity index (χ2v) is 6.10. The minimum atomic E-state index is 0.503. The number of aromatic nitrogens is 1. The Labute approximate surface area is 116 Å². The van der Waals surface area contributed by atoms with E-state index in [0.29, 0.717) is 6.04 Å². The van der Waals surface area contributed by atoms with Crippen molar-refractivity contribution < 1.29 is 0 Å². The van der Waals surface area contributed by atoms with E-state index in [1.807, 2.05) is 12.4 Å². The molecule has 2 heterocycles. The summed E-state index contributed by atoms with van der Waals surface area (Å²) in [5, 5.41) is 3.54. The minimum absolute atomic E-state index is 0.503. The summed E-state index contributed by atoms with van der Waals surface area (Å²) in [6, 6.07) is 5.59. The minimum Gasteiger partial charge on any atom is -0.316 e. The summed E-state index contributed by atoms with van der Waals surface area (Å²) in [5.74, 6) is 0.827. The maximum absolute atomic E-state index is 4.28. The molecule has 3 heteroatoms. The molecule has 1 aromatic heterocycles. The average molecular weight is 259 g/mol. The van der Waals surface area contributed by atoms with Crippen LogP contribution in [-0.2, 0) is 0 Å². The molecular formula is C16H25N3. The fourth-order valence-corrected chi connectivity index (χ4v) is 3.22. The Morgan fingerprint density at radius 2 is 2.32 bits per heavy atom. The number of hydrogen-bond donors (Lipinski definition) is 1. The van der Waals surface area contributed by atoms with Crippen molar-refractivity contribution in [3.8, 4) is 0 Å². The highest BCUT2D eigenvalue weighted by Crippen LogP contribution is 2.35. The van der Waals surface area contributed by atoms with Crippen LogP contribution in [-0.4, -0.2) is 35.6 Å². The Kier molecular flexibility index (Phi) is 4.14. The number of piperidine rings is 1. The van der Waals surface area contributed by atoms with Crippen molar-refractivity contribution in [1.29, 1.82) is 0 Å². The lowest BCUT2D eigenvalue weighted by molar-refractivity contribution is 0.154. The topological polar surface area (TPSA) is 28.2 Å². The van der Waals surface area contributed by atoms with Crippen LogP contribution >= 0.6 is 0 Å². The molecule has 0 amide bonds. The average Bonchev–Trinajstić information content (AvgIpc) is 3.31. The van der Waals surface area contributed by atoms with Crippen molar-refractivity contribution in [1.82, 2.24) is 15.2 Å². The molecule has 1 aliphatic heterocycles. The van der Waals surface area contributed by atoms with Crippen LogP contribution in [0.4, 0.5) is 0 Å². The van der Waals surface area contributed by atoms with Gasteiger partial charge in [-0.2, -0.15) is 0 Å². The van der Waals surface area contributed by atoms with E-state index in [2.05, 4.69) is 34.3 Å². The molecule has 2 fully saturated rings. The van der Waals surface area contributed by atoms with Gasteiger partial charge in [0.25, 0.3) is 0 Å². The molecule has 0 aromatic carbocycles. The molecule has 2 atom stereocenters.